The smallest absolute Gasteiger partial charge is 0.340 e. The van der Waals surface area contributed by atoms with E-state index in [0.29, 0.717) is 5.56 Å². The number of carbonyl (C=O) groups excluding carboxylic acids is 1. The van der Waals surface area contributed by atoms with E-state index in [1.807, 2.05) is 42.5 Å². The Morgan fingerprint density at radius 3 is 2.50 bits per heavy atom. The summed E-state index contributed by atoms with van der Waals surface area (Å²) in [6.07, 6.45) is 1.68. The van der Waals surface area contributed by atoms with Gasteiger partial charge in [-0.25, -0.2) is 4.79 Å². The number of ether oxygens (including phenoxy) is 1. The van der Waals surface area contributed by atoms with E-state index < -0.39 is 0 Å². The molecule has 0 unspecified atom stereocenters. The summed E-state index contributed by atoms with van der Waals surface area (Å²) in [6.45, 7) is 0. The van der Waals surface area contributed by atoms with Gasteiger partial charge in [-0.15, -0.1) is 0 Å². The minimum absolute atomic E-state index is 0.329. The second-order valence-corrected chi connectivity index (χ2v) is 5.38. The van der Waals surface area contributed by atoms with Crippen molar-refractivity contribution in [3.05, 3.63) is 58.7 Å². The third-order valence-corrected chi connectivity index (χ3v) is 3.79. The summed E-state index contributed by atoms with van der Waals surface area (Å²) in [7, 11) is 1.39. The predicted octanol–water partition coefficient (Wildman–Crippen LogP) is 4.38. The molecule has 0 saturated heterocycles. The molecule has 3 aromatic rings. The van der Waals surface area contributed by atoms with Crippen molar-refractivity contribution in [2.75, 3.05) is 7.11 Å². The fourth-order valence-electron chi connectivity index (χ4n) is 2.22. The number of esters is 1. The van der Waals surface area contributed by atoms with Crippen molar-refractivity contribution in [1.29, 1.82) is 0 Å². The summed E-state index contributed by atoms with van der Waals surface area (Å²) in [5.41, 5.74) is 3.65. The third-order valence-electron chi connectivity index (χ3n) is 3.26. The topological polar surface area (TPSA) is 42.1 Å². The molecule has 2 aromatic carbocycles. The number of methoxy groups -OCH3 is 1. The van der Waals surface area contributed by atoms with Gasteiger partial charge in [0, 0.05) is 21.6 Å². The van der Waals surface area contributed by atoms with Crippen molar-refractivity contribution in [2.45, 2.75) is 0 Å². The molecule has 0 aliphatic rings. The van der Waals surface area contributed by atoms with Crippen LogP contribution in [-0.4, -0.2) is 18.1 Å². The number of hydrogen-bond acceptors (Lipinski definition) is 2. The zero-order chi connectivity index (χ0) is 14.1. The van der Waals surface area contributed by atoms with Gasteiger partial charge in [-0.3, -0.25) is 0 Å². The molecule has 0 amide bonds. The van der Waals surface area contributed by atoms with Crippen molar-refractivity contribution in [1.82, 2.24) is 4.98 Å². The van der Waals surface area contributed by atoms with Gasteiger partial charge in [0.25, 0.3) is 0 Å². The molecule has 1 heterocycles. The molecular formula is C16H12BrNO2. The highest BCUT2D eigenvalue weighted by molar-refractivity contribution is 9.10. The summed E-state index contributed by atoms with van der Waals surface area (Å²) in [5, 5.41) is 0.872. The molecule has 3 rings (SSSR count). The van der Waals surface area contributed by atoms with Crippen LogP contribution in [0.2, 0.25) is 0 Å². The Morgan fingerprint density at radius 2 is 1.80 bits per heavy atom. The van der Waals surface area contributed by atoms with Crippen LogP contribution in [0.1, 0.15) is 10.4 Å². The zero-order valence-corrected chi connectivity index (χ0v) is 12.4. The second kappa shape index (κ2) is 5.13. The lowest BCUT2D eigenvalue weighted by atomic mass is 10.0. The first-order valence-corrected chi connectivity index (χ1v) is 6.94. The fourth-order valence-corrected chi connectivity index (χ4v) is 2.49. The van der Waals surface area contributed by atoms with Gasteiger partial charge in [0.2, 0.25) is 0 Å². The molecule has 0 bridgehead atoms. The maximum atomic E-state index is 11.7. The number of H-pyrrole nitrogens is 1. The average Bonchev–Trinajstić information content (AvgIpc) is 2.90. The van der Waals surface area contributed by atoms with Gasteiger partial charge in [0.15, 0.2) is 0 Å². The molecule has 0 aliphatic heterocycles. The first-order valence-electron chi connectivity index (χ1n) is 6.14. The first kappa shape index (κ1) is 12.9. The number of nitrogens with one attached hydrogen (secondary N) is 1. The molecule has 0 saturated carbocycles. The predicted molar refractivity (Wildman–Crippen MR) is 82.8 cm³/mol. The Labute approximate surface area is 124 Å². The lowest BCUT2D eigenvalue weighted by molar-refractivity contribution is 0.0603. The highest BCUT2D eigenvalue weighted by Crippen LogP contribution is 2.27. The largest absolute Gasteiger partial charge is 0.465 e. The summed E-state index contributed by atoms with van der Waals surface area (Å²) in [6, 6.07) is 14.1. The van der Waals surface area contributed by atoms with Gasteiger partial charge >= 0.3 is 5.97 Å². The summed E-state index contributed by atoms with van der Waals surface area (Å²) in [4.78, 5) is 14.8. The monoisotopic (exact) mass is 329 g/mol. The van der Waals surface area contributed by atoms with E-state index in [-0.39, 0.29) is 5.97 Å². The molecule has 100 valence electrons. The van der Waals surface area contributed by atoms with Crippen LogP contribution in [0, 0.1) is 0 Å². The standard InChI is InChI=1S/C16H12BrNO2/c1-20-16(19)14-9-18-15-7-4-11(8-13(14)15)10-2-5-12(17)6-3-10/h2-9,18H,1H3. The number of benzene rings is 2. The minimum Gasteiger partial charge on any atom is -0.465 e. The highest BCUT2D eigenvalue weighted by atomic mass is 79.9. The van der Waals surface area contributed by atoms with Gasteiger partial charge < -0.3 is 9.72 Å². The summed E-state index contributed by atoms with van der Waals surface area (Å²) >= 11 is 3.43. The molecule has 0 radical (unpaired) electrons. The van der Waals surface area contributed by atoms with Crippen molar-refractivity contribution >= 4 is 32.8 Å². The van der Waals surface area contributed by atoms with Crippen LogP contribution in [0.25, 0.3) is 22.0 Å². The average molecular weight is 330 g/mol. The number of rotatable bonds is 2. The number of halogens is 1. The molecule has 0 atom stereocenters. The van der Waals surface area contributed by atoms with E-state index in [4.69, 9.17) is 4.74 Å². The first-order chi connectivity index (χ1) is 9.69. The quantitative estimate of drug-likeness (QED) is 0.709. The molecule has 0 fully saturated rings. The number of fused-ring (bicyclic) bond motifs is 1. The van der Waals surface area contributed by atoms with Crippen molar-refractivity contribution in [3.8, 4) is 11.1 Å². The van der Waals surface area contributed by atoms with E-state index in [1.54, 1.807) is 6.20 Å². The Kier molecular flexibility index (Phi) is 3.32. The Bertz CT molecular complexity index is 775. The zero-order valence-electron chi connectivity index (χ0n) is 10.8. The van der Waals surface area contributed by atoms with Gasteiger partial charge in [0.05, 0.1) is 12.7 Å². The van der Waals surface area contributed by atoms with E-state index in [2.05, 4.69) is 20.9 Å². The van der Waals surface area contributed by atoms with Crippen LogP contribution in [0.15, 0.2) is 53.1 Å². The molecular weight excluding hydrogens is 318 g/mol. The third kappa shape index (κ3) is 2.23. The number of aromatic nitrogens is 1. The summed E-state index contributed by atoms with van der Waals surface area (Å²) < 4.78 is 5.84. The van der Waals surface area contributed by atoms with Gasteiger partial charge in [-0.1, -0.05) is 34.1 Å². The molecule has 3 nitrogen and oxygen atoms in total. The maximum Gasteiger partial charge on any atom is 0.340 e. The Hall–Kier alpha value is -2.07. The Morgan fingerprint density at radius 1 is 1.10 bits per heavy atom. The molecule has 1 N–H and O–H groups in total. The van der Waals surface area contributed by atoms with Crippen LogP contribution in [-0.2, 0) is 4.74 Å². The van der Waals surface area contributed by atoms with E-state index in [9.17, 15) is 4.79 Å². The number of hydrogen-bond donors (Lipinski definition) is 1. The second-order valence-electron chi connectivity index (χ2n) is 4.46. The van der Waals surface area contributed by atoms with Crippen LogP contribution >= 0.6 is 15.9 Å². The van der Waals surface area contributed by atoms with Crippen LogP contribution in [0.3, 0.4) is 0 Å². The molecule has 0 spiro atoms. The van der Waals surface area contributed by atoms with Gasteiger partial charge in [-0.05, 0) is 35.4 Å². The molecule has 4 heteroatoms. The van der Waals surface area contributed by atoms with E-state index in [0.717, 1.165) is 26.5 Å². The normalized spacial score (nSPS) is 10.7. The lowest BCUT2D eigenvalue weighted by Gasteiger charge is -2.03. The van der Waals surface area contributed by atoms with E-state index >= 15 is 0 Å². The lowest BCUT2D eigenvalue weighted by Crippen LogP contribution is -1.99. The van der Waals surface area contributed by atoms with Gasteiger partial charge in [-0.2, -0.15) is 0 Å². The Balaban J connectivity index is 2.14. The van der Waals surface area contributed by atoms with Crippen molar-refractivity contribution in [2.24, 2.45) is 0 Å². The van der Waals surface area contributed by atoms with Crippen LogP contribution in [0.4, 0.5) is 0 Å². The maximum absolute atomic E-state index is 11.7. The minimum atomic E-state index is -0.329. The number of aromatic amines is 1. The number of carbonyl (C=O) groups is 1. The highest BCUT2D eigenvalue weighted by Gasteiger charge is 2.12. The van der Waals surface area contributed by atoms with Crippen LogP contribution < -0.4 is 0 Å². The van der Waals surface area contributed by atoms with Gasteiger partial charge in [0.1, 0.15) is 0 Å². The fraction of sp³-hybridized carbons (Fsp3) is 0.0625. The molecule has 20 heavy (non-hydrogen) atoms. The SMILES string of the molecule is COC(=O)c1c[nH]c2ccc(-c3ccc(Br)cc3)cc12. The van der Waals surface area contributed by atoms with Crippen molar-refractivity contribution < 1.29 is 9.53 Å². The summed E-state index contributed by atoms with van der Waals surface area (Å²) in [5.74, 6) is -0.329. The molecule has 0 aliphatic carbocycles. The van der Waals surface area contributed by atoms with Crippen LogP contribution in [0.5, 0.6) is 0 Å². The van der Waals surface area contributed by atoms with E-state index in [1.165, 1.54) is 7.11 Å². The molecule has 1 aromatic heterocycles. The van der Waals surface area contributed by atoms with Crippen molar-refractivity contribution in [3.63, 3.8) is 0 Å².